The molecule has 6 heterocycles. The number of hydrogen-bond acceptors (Lipinski definition) is 8. The van der Waals surface area contributed by atoms with Gasteiger partial charge in [0.1, 0.15) is 5.82 Å². The summed E-state index contributed by atoms with van der Waals surface area (Å²) in [4.78, 5) is 43.8. The first-order valence-electron chi connectivity index (χ1n) is 19.9. The molecule has 53 heavy (non-hydrogen) atoms. The number of nitrogens with zero attached hydrogens (tertiary/aromatic N) is 8. The van der Waals surface area contributed by atoms with E-state index >= 15 is 0 Å². The number of carbonyl (C=O) groups is 2. The van der Waals surface area contributed by atoms with Gasteiger partial charge in [0.05, 0.1) is 18.2 Å². The molecule has 2 aromatic heterocycles. The summed E-state index contributed by atoms with van der Waals surface area (Å²) >= 11 is 0. The Bertz CT molecular complexity index is 1830. The van der Waals surface area contributed by atoms with E-state index in [0.717, 1.165) is 113 Å². The van der Waals surface area contributed by atoms with Crippen molar-refractivity contribution in [3.05, 3.63) is 58.8 Å². The third-order valence-electron chi connectivity index (χ3n) is 12.9. The van der Waals surface area contributed by atoms with Gasteiger partial charge < -0.3 is 24.9 Å². The summed E-state index contributed by atoms with van der Waals surface area (Å²) in [6.07, 6.45) is 11.4. The molecule has 1 aromatic carbocycles. The summed E-state index contributed by atoms with van der Waals surface area (Å²) in [6.45, 7) is 17.7. The second kappa shape index (κ2) is 14.0. The third kappa shape index (κ3) is 7.03. The molecule has 12 heteroatoms. The highest BCUT2D eigenvalue weighted by Gasteiger charge is 2.53. The molecule has 0 atom stereocenters. The number of aryl methyl sites for hydroxylation is 1. The van der Waals surface area contributed by atoms with Crippen molar-refractivity contribution >= 4 is 29.3 Å². The fraction of sp³-hybridized carbons (Fsp3) is 0.634. The number of hydrogen-bond donors (Lipinski definition) is 1. The highest BCUT2D eigenvalue weighted by Crippen LogP contribution is 2.53. The van der Waals surface area contributed by atoms with E-state index in [4.69, 9.17) is 5.10 Å². The van der Waals surface area contributed by atoms with Crippen LogP contribution in [0.15, 0.2) is 30.6 Å². The van der Waals surface area contributed by atoms with Gasteiger partial charge in [-0.1, -0.05) is 27.7 Å². The van der Waals surface area contributed by atoms with Gasteiger partial charge in [0.25, 0.3) is 5.91 Å². The number of rotatable bonds is 7. The predicted molar refractivity (Wildman–Crippen MR) is 204 cm³/mol. The molecule has 0 spiro atoms. The van der Waals surface area contributed by atoms with Gasteiger partial charge in [-0.25, -0.2) is 14.4 Å². The van der Waals surface area contributed by atoms with Crippen molar-refractivity contribution in [2.45, 2.75) is 105 Å². The molecule has 5 aliphatic rings. The maximum Gasteiger partial charge on any atom is 0.254 e. The molecule has 11 nitrogen and oxygen atoms in total. The maximum absolute atomic E-state index is 14.2. The summed E-state index contributed by atoms with van der Waals surface area (Å²) in [7, 11) is 0. The van der Waals surface area contributed by atoms with Crippen LogP contribution in [0.3, 0.4) is 0 Å². The minimum absolute atomic E-state index is 0.0927. The number of carbonyl (C=O) groups excluding carboxylic acids is 2. The summed E-state index contributed by atoms with van der Waals surface area (Å²) in [5.74, 6) is 2.08. The Balaban J connectivity index is 0.864. The Labute approximate surface area is 313 Å². The minimum Gasteiger partial charge on any atom is -0.348 e. The number of likely N-dealkylation sites (tertiary alicyclic amines) is 1. The lowest BCUT2D eigenvalue weighted by Gasteiger charge is -2.57. The SMILES string of the molecule is CC(=O)N1CCc2c(c(N3CCCc4cc(F)ccc43)nn2C2CCN(CC3CCN(c4ncc(C(=O)NC5C(C)(C)CC5(C)C)cn4)CC3)CC2)C1. The van der Waals surface area contributed by atoms with Crippen LogP contribution in [-0.4, -0.2) is 93.2 Å². The van der Waals surface area contributed by atoms with E-state index in [-0.39, 0.29) is 34.5 Å². The van der Waals surface area contributed by atoms with E-state index < -0.39 is 0 Å². The molecule has 1 saturated carbocycles. The van der Waals surface area contributed by atoms with Crippen molar-refractivity contribution in [3.8, 4) is 0 Å². The molecule has 0 radical (unpaired) electrons. The Morgan fingerprint density at radius 2 is 1.64 bits per heavy atom. The highest BCUT2D eigenvalue weighted by atomic mass is 19.1. The fourth-order valence-corrected chi connectivity index (χ4v) is 10.5. The Hall–Kier alpha value is -4.06. The van der Waals surface area contributed by atoms with Crippen LogP contribution in [0, 0.1) is 22.6 Å². The van der Waals surface area contributed by atoms with Gasteiger partial charge in [-0.05, 0) is 85.5 Å². The molecular weight excluding hydrogens is 670 g/mol. The first-order valence-corrected chi connectivity index (χ1v) is 19.9. The third-order valence-corrected chi connectivity index (χ3v) is 12.9. The molecule has 4 aliphatic heterocycles. The first-order chi connectivity index (χ1) is 25.4. The summed E-state index contributed by atoms with van der Waals surface area (Å²) in [6, 6.07) is 5.56. The number of piperidine rings is 2. The minimum atomic E-state index is -0.197. The van der Waals surface area contributed by atoms with Gasteiger partial charge in [0.15, 0.2) is 5.82 Å². The lowest BCUT2D eigenvalue weighted by Crippen LogP contribution is -2.63. The van der Waals surface area contributed by atoms with Crippen LogP contribution in [0.25, 0.3) is 0 Å². The molecule has 1 aliphatic carbocycles. The van der Waals surface area contributed by atoms with Gasteiger partial charge in [0.2, 0.25) is 11.9 Å². The number of benzene rings is 1. The van der Waals surface area contributed by atoms with Crippen LogP contribution in [-0.2, 0) is 24.2 Å². The van der Waals surface area contributed by atoms with Crippen molar-refractivity contribution in [3.63, 3.8) is 0 Å². The van der Waals surface area contributed by atoms with Gasteiger partial charge in [-0.15, -0.1) is 0 Å². The topological polar surface area (TPSA) is 103 Å². The average molecular weight is 726 g/mol. The van der Waals surface area contributed by atoms with Crippen molar-refractivity contribution in [1.29, 1.82) is 0 Å². The van der Waals surface area contributed by atoms with Crippen LogP contribution in [0.4, 0.5) is 21.8 Å². The zero-order chi connectivity index (χ0) is 37.1. The van der Waals surface area contributed by atoms with Crippen LogP contribution >= 0.6 is 0 Å². The molecule has 3 aromatic rings. The molecular formula is C41H56FN9O2. The highest BCUT2D eigenvalue weighted by molar-refractivity contribution is 5.94. The smallest absolute Gasteiger partial charge is 0.254 e. The number of fused-ring (bicyclic) bond motifs is 2. The zero-order valence-corrected chi connectivity index (χ0v) is 32.2. The summed E-state index contributed by atoms with van der Waals surface area (Å²) in [5.41, 5.74) is 5.19. The molecule has 0 unspecified atom stereocenters. The van der Waals surface area contributed by atoms with Crippen LogP contribution < -0.4 is 15.1 Å². The summed E-state index contributed by atoms with van der Waals surface area (Å²) in [5, 5.41) is 8.57. The Morgan fingerprint density at radius 1 is 0.925 bits per heavy atom. The number of amides is 2. The molecule has 1 N–H and O–H groups in total. The second-order valence-electron chi connectivity index (χ2n) is 17.7. The maximum atomic E-state index is 14.2. The van der Waals surface area contributed by atoms with E-state index in [0.29, 0.717) is 36.6 Å². The zero-order valence-electron chi connectivity index (χ0n) is 32.2. The monoisotopic (exact) mass is 725 g/mol. The van der Waals surface area contributed by atoms with E-state index in [1.807, 2.05) is 11.0 Å². The van der Waals surface area contributed by atoms with Crippen molar-refractivity contribution < 1.29 is 14.0 Å². The Morgan fingerprint density at radius 3 is 2.32 bits per heavy atom. The van der Waals surface area contributed by atoms with Crippen molar-refractivity contribution in [1.82, 2.24) is 34.9 Å². The quantitative estimate of drug-likeness (QED) is 0.321. The average Bonchev–Trinajstić information content (AvgIpc) is 3.52. The molecule has 3 fully saturated rings. The largest absolute Gasteiger partial charge is 0.348 e. The van der Waals surface area contributed by atoms with Gasteiger partial charge in [-0.3, -0.25) is 14.3 Å². The lowest BCUT2D eigenvalue weighted by molar-refractivity contribution is -0.129. The number of anilines is 3. The normalized spacial score (nSPS) is 22.3. The van der Waals surface area contributed by atoms with Gasteiger partial charge in [0, 0.05) is 94.5 Å². The number of halogens is 1. The van der Waals surface area contributed by atoms with E-state index in [1.165, 1.54) is 5.69 Å². The Kier molecular flexibility index (Phi) is 9.48. The molecule has 8 rings (SSSR count). The van der Waals surface area contributed by atoms with Crippen LogP contribution in [0.2, 0.25) is 0 Å². The fourth-order valence-electron chi connectivity index (χ4n) is 10.5. The summed E-state index contributed by atoms with van der Waals surface area (Å²) < 4.78 is 16.5. The molecule has 284 valence electrons. The first kappa shape index (κ1) is 35.9. The number of nitrogens with one attached hydrogen (secondary N) is 1. The van der Waals surface area contributed by atoms with Crippen LogP contribution in [0.5, 0.6) is 0 Å². The van der Waals surface area contributed by atoms with Gasteiger partial charge >= 0.3 is 0 Å². The van der Waals surface area contributed by atoms with E-state index in [1.54, 1.807) is 31.5 Å². The lowest BCUT2D eigenvalue weighted by atomic mass is 9.52. The standard InChI is InChI=1S/C41H56FN9O2/c1-27(52)49-20-14-35-33(25-49)36(50-15-6-7-29-21-31(42)8-9-34(29)50)46-51(35)32-12-16-47(17-13-32)24-28-10-18-48(19-11-28)39-43-22-30(23-44-39)37(53)45-38-40(2,3)26-41(38,4)5/h8-9,21-23,28,32,38H,6-7,10-20,24-26H2,1-5H3,(H,45,53). The van der Waals surface area contributed by atoms with Crippen LogP contribution in [0.1, 0.15) is 106 Å². The van der Waals surface area contributed by atoms with Gasteiger partial charge in [-0.2, -0.15) is 5.10 Å². The second-order valence-corrected chi connectivity index (χ2v) is 17.7. The molecule has 2 saturated heterocycles. The molecule has 0 bridgehead atoms. The predicted octanol–water partition coefficient (Wildman–Crippen LogP) is 5.91. The van der Waals surface area contributed by atoms with Crippen molar-refractivity contribution in [2.24, 2.45) is 16.7 Å². The van der Waals surface area contributed by atoms with E-state index in [2.05, 4.69) is 62.4 Å². The van der Waals surface area contributed by atoms with Crippen molar-refractivity contribution in [2.75, 3.05) is 55.6 Å². The van der Waals surface area contributed by atoms with E-state index in [9.17, 15) is 14.0 Å². The molecule has 2 amide bonds. The number of aromatic nitrogens is 4.